The molecule has 2 aromatic carbocycles. The average Bonchev–Trinajstić information content (AvgIpc) is 3.17. The summed E-state index contributed by atoms with van der Waals surface area (Å²) in [5.41, 5.74) is 2.03. The third kappa shape index (κ3) is 5.85. The van der Waals surface area contributed by atoms with E-state index >= 15 is 0 Å². The summed E-state index contributed by atoms with van der Waals surface area (Å²) in [6.45, 7) is 4.42. The molecular formula is C25H27N3O5S. The van der Waals surface area contributed by atoms with E-state index in [2.05, 4.69) is 4.90 Å². The maximum atomic E-state index is 13.3. The zero-order valence-electron chi connectivity index (χ0n) is 19.2. The summed E-state index contributed by atoms with van der Waals surface area (Å²) >= 11 is 1.35. The summed E-state index contributed by atoms with van der Waals surface area (Å²) in [5, 5.41) is 0.640. The van der Waals surface area contributed by atoms with Crippen LogP contribution >= 0.6 is 11.8 Å². The fourth-order valence-electron chi connectivity index (χ4n) is 3.61. The van der Waals surface area contributed by atoms with Crippen LogP contribution in [-0.2, 0) is 14.3 Å². The molecule has 2 aromatic rings. The Kier molecular flexibility index (Phi) is 7.99. The van der Waals surface area contributed by atoms with Gasteiger partial charge in [-0.05, 0) is 59.8 Å². The summed E-state index contributed by atoms with van der Waals surface area (Å²) in [6, 6.07) is 14.4. The third-order valence-electron chi connectivity index (χ3n) is 5.56. The zero-order chi connectivity index (χ0) is 23.9. The maximum Gasteiger partial charge on any atom is 0.337 e. The Morgan fingerprint density at radius 3 is 2.41 bits per heavy atom. The molecule has 8 nitrogen and oxygen atoms in total. The Morgan fingerprint density at radius 2 is 1.76 bits per heavy atom. The van der Waals surface area contributed by atoms with Gasteiger partial charge >= 0.3 is 5.97 Å². The van der Waals surface area contributed by atoms with E-state index in [1.54, 1.807) is 36.3 Å². The quantitative estimate of drug-likeness (QED) is 0.443. The van der Waals surface area contributed by atoms with Crippen molar-refractivity contribution in [3.8, 4) is 5.75 Å². The summed E-state index contributed by atoms with van der Waals surface area (Å²) in [6.07, 6.45) is 1.83. The number of rotatable bonds is 7. The molecule has 0 N–H and O–H groups in total. The molecule has 0 aromatic heterocycles. The van der Waals surface area contributed by atoms with Crippen LogP contribution in [0.4, 0.5) is 5.69 Å². The Labute approximate surface area is 203 Å². The fourth-order valence-corrected chi connectivity index (χ4v) is 4.63. The van der Waals surface area contributed by atoms with Crippen molar-refractivity contribution in [1.82, 2.24) is 9.80 Å². The molecule has 34 heavy (non-hydrogen) atoms. The van der Waals surface area contributed by atoms with Gasteiger partial charge in [-0.15, -0.1) is 0 Å². The number of esters is 1. The van der Waals surface area contributed by atoms with Crippen molar-refractivity contribution < 1.29 is 23.8 Å². The molecule has 0 spiro atoms. The second-order valence-corrected chi connectivity index (χ2v) is 8.74. The predicted molar refractivity (Wildman–Crippen MR) is 132 cm³/mol. The van der Waals surface area contributed by atoms with E-state index in [9.17, 15) is 9.59 Å². The molecule has 0 unspecified atom stereocenters. The van der Waals surface area contributed by atoms with Crippen molar-refractivity contribution in [3.05, 3.63) is 64.6 Å². The third-order valence-corrected chi connectivity index (χ3v) is 6.56. The maximum absolute atomic E-state index is 13.3. The number of carbonyl (C=O) groups excluding carboxylic acids is 2. The van der Waals surface area contributed by atoms with Crippen LogP contribution in [0.2, 0.25) is 0 Å². The predicted octanol–water partition coefficient (Wildman–Crippen LogP) is 3.42. The second-order valence-electron chi connectivity index (χ2n) is 7.73. The molecule has 0 atom stereocenters. The van der Waals surface area contributed by atoms with Crippen molar-refractivity contribution >= 4 is 40.6 Å². The molecule has 1 amide bonds. The molecule has 2 fully saturated rings. The van der Waals surface area contributed by atoms with Crippen LogP contribution in [0.15, 0.2) is 58.4 Å². The molecule has 2 aliphatic heterocycles. The van der Waals surface area contributed by atoms with Crippen LogP contribution < -0.4 is 4.74 Å². The van der Waals surface area contributed by atoms with Gasteiger partial charge in [0.1, 0.15) is 5.75 Å². The monoisotopic (exact) mass is 481 g/mol. The lowest BCUT2D eigenvalue weighted by atomic mass is 10.1. The van der Waals surface area contributed by atoms with Gasteiger partial charge in [-0.1, -0.05) is 12.1 Å². The number of aliphatic imine (C=N–C) groups is 1. The topological polar surface area (TPSA) is 80.7 Å². The highest BCUT2D eigenvalue weighted by atomic mass is 32.2. The fraction of sp³-hybridized carbons (Fsp3) is 0.320. The lowest BCUT2D eigenvalue weighted by Gasteiger charge is -2.28. The molecule has 2 aliphatic rings. The van der Waals surface area contributed by atoms with Gasteiger partial charge in [-0.3, -0.25) is 14.6 Å². The first-order valence-corrected chi connectivity index (χ1v) is 11.8. The molecule has 178 valence electrons. The first kappa shape index (κ1) is 24.0. The highest BCUT2D eigenvalue weighted by Gasteiger charge is 2.33. The van der Waals surface area contributed by atoms with E-state index in [0.717, 1.165) is 36.6 Å². The average molecular weight is 482 g/mol. The van der Waals surface area contributed by atoms with Gasteiger partial charge in [0.2, 0.25) is 0 Å². The van der Waals surface area contributed by atoms with Crippen molar-refractivity contribution in [2.75, 3.05) is 53.6 Å². The highest BCUT2D eigenvalue weighted by molar-refractivity contribution is 8.18. The summed E-state index contributed by atoms with van der Waals surface area (Å²) in [4.78, 5) is 34.4. The molecule has 0 radical (unpaired) electrons. The number of morpholine rings is 1. The van der Waals surface area contributed by atoms with Gasteiger partial charge in [-0.25, -0.2) is 9.79 Å². The lowest BCUT2D eigenvalue weighted by Crippen LogP contribution is -2.42. The molecule has 4 rings (SSSR count). The van der Waals surface area contributed by atoms with Gasteiger partial charge in [0.15, 0.2) is 5.17 Å². The van der Waals surface area contributed by atoms with Crippen molar-refractivity contribution in [2.45, 2.75) is 0 Å². The Bertz CT molecular complexity index is 1080. The van der Waals surface area contributed by atoms with Crippen molar-refractivity contribution in [2.24, 2.45) is 4.99 Å². The van der Waals surface area contributed by atoms with E-state index in [4.69, 9.17) is 19.2 Å². The van der Waals surface area contributed by atoms with Crippen LogP contribution in [-0.4, -0.2) is 80.5 Å². The number of amides is 1. The molecule has 2 heterocycles. The number of nitrogens with zero attached hydrogens (tertiary/aromatic N) is 3. The van der Waals surface area contributed by atoms with Crippen LogP contribution in [0.3, 0.4) is 0 Å². The van der Waals surface area contributed by atoms with Gasteiger partial charge in [0.05, 0.1) is 43.6 Å². The number of ether oxygens (including phenoxy) is 3. The van der Waals surface area contributed by atoms with Crippen LogP contribution in [0.25, 0.3) is 6.08 Å². The van der Waals surface area contributed by atoms with E-state index in [-0.39, 0.29) is 5.91 Å². The minimum atomic E-state index is -0.395. The van der Waals surface area contributed by atoms with E-state index in [1.165, 1.54) is 18.9 Å². The lowest BCUT2D eigenvalue weighted by molar-refractivity contribution is -0.122. The van der Waals surface area contributed by atoms with Gasteiger partial charge in [0.25, 0.3) is 5.91 Å². The smallest absolute Gasteiger partial charge is 0.337 e. The van der Waals surface area contributed by atoms with Crippen molar-refractivity contribution in [3.63, 3.8) is 0 Å². The number of thioether (sulfide) groups is 1. The Hall–Kier alpha value is -3.14. The first-order valence-electron chi connectivity index (χ1n) is 11.0. The van der Waals surface area contributed by atoms with E-state index in [0.29, 0.717) is 35.4 Å². The summed E-state index contributed by atoms with van der Waals surface area (Å²) < 4.78 is 15.4. The number of hydrogen-bond acceptors (Lipinski definition) is 8. The highest BCUT2D eigenvalue weighted by Crippen LogP contribution is 2.34. The minimum Gasteiger partial charge on any atom is -0.497 e. The molecule has 0 aliphatic carbocycles. The number of hydrogen-bond donors (Lipinski definition) is 0. The van der Waals surface area contributed by atoms with Gasteiger partial charge in [0, 0.05) is 26.2 Å². The number of amidine groups is 1. The van der Waals surface area contributed by atoms with Crippen LogP contribution in [0, 0.1) is 0 Å². The number of benzene rings is 2. The van der Waals surface area contributed by atoms with Crippen LogP contribution in [0.5, 0.6) is 5.75 Å². The number of carbonyl (C=O) groups is 2. The van der Waals surface area contributed by atoms with Gasteiger partial charge < -0.3 is 14.2 Å². The Morgan fingerprint density at radius 1 is 1.06 bits per heavy atom. The Balaban J connectivity index is 1.57. The minimum absolute atomic E-state index is 0.0810. The van der Waals surface area contributed by atoms with Gasteiger partial charge in [-0.2, -0.15) is 0 Å². The second kappa shape index (κ2) is 11.3. The largest absolute Gasteiger partial charge is 0.497 e. The van der Waals surface area contributed by atoms with E-state index in [1.807, 2.05) is 30.3 Å². The molecule has 0 bridgehead atoms. The molecule has 0 saturated carbocycles. The molecular weight excluding hydrogens is 454 g/mol. The normalized spacial score (nSPS) is 19.1. The standard InChI is InChI=1S/C25H27N3O5S/c1-31-21-9-7-20(8-10-21)26-25-28(12-11-27-13-15-33-16-14-27)23(29)22(34-25)17-18-3-5-19(6-4-18)24(30)32-2/h3-10,17H,11-16H2,1-2H3/b22-17-,26-25?. The summed E-state index contributed by atoms with van der Waals surface area (Å²) in [7, 11) is 2.97. The van der Waals surface area contributed by atoms with Crippen molar-refractivity contribution in [1.29, 1.82) is 0 Å². The van der Waals surface area contributed by atoms with E-state index < -0.39 is 5.97 Å². The van der Waals surface area contributed by atoms with Crippen LogP contribution in [0.1, 0.15) is 15.9 Å². The first-order chi connectivity index (χ1) is 16.6. The zero-order valence-corrected chi connectivity index (χ0v) is 20.0. The summed E-state index contributed by atoms with van der Waals surface area (Å²) in [5.74, 6) is 0.274. The molecule has 9 heteroatoms. The SMILES string of the molecule is COC(=O)c1ccc(/C=C2\SC(=Nc3ccc(OC)cc3)N(CCN3CCOCC3)C2=O)cc1. The molecule has 2 saturated heterocycles. The number of methoxy groups -OCH3 is 2.